The number of hydrogen-bond acceptors (Lipinski definition) is 2. The molecule has 2 aliphatic rings. The zero-order valence-electron chi connectivity index (χ0n) is 13.0. The summed E-state index contributed by atoms with van der Waals surface area (Å²) in [6.45, 7) is 8.88. The number of ether oxygens (including phenoxy) is 1. The monoisotopic (exact) mass is 273 g/mol. The Labute approximate surface area is 123 Å². The van der Waals surface area contributed by atoms with Crippen LogP contribution in [0.1, 0.15) is 42.4 Å². The maximum Gasteiger partial charge on any atom is 0.0469 e. The molecule has 0 saturated carbocycles. The second-order valence-corrected chi connectivity index (χ2v) is 6.55. The summed E-state index contributed by atoms with van der Waals surface area (Å²) in [4.78, 5) is 2.67. The van der Waals surface area contributed by atoms with Gasteiger partial charge in [0, 0.05) is 32.0 Å². The number of hydrogen-bond donors (Lipinski definition) is 0. The Kier molecular flexibility index (Phi) is 4.30. The molecule has 1 saturated heterocycles. The number of anilines is 1. The highest BCUT2D eigenvalue weighted by Crippen LogP contribution is 2.32. The fraction of sp³-hybridized carbons (Fsp3) is 0.667. The van der Waals surface area contributed by atoms with E-state index in [2.05, 4.69) is 30.9 Å². The minimum atomic E-state index is 0.815. The summed E-state index contributed by atoms with van der Waals surface area (Å²) in [6.07, 6.45) is 6.38. The second-order valence-electron chi connectivity index (χ2n) is 6.55. The minimum absolute atomic E-state index is 0.815. The molecule has 1 aromatic rings. The lowest BCUT2D eigenvalue weighted by Gasteiger charge is -2.32. The SMILES string of the molecule is Cc1cc(C)c2c(c1)CCCCN2CC1CCOCC1. The van der Waals surface area contributed by atoms with Gasteiger partial charge in [-0.15, -0.1) is 0 Å². The van der Waals surface area contributed by atoms with Crippen molar-refractivity contribution in [2.45, 2.75) is 46.0 Å². The number of rotatable bonds is 2. The maximum atomic E-state index is 5.50. The molecular formula is C18H27NO. The molecule has 0 N–H and O–H groups in total. The number of nitrogens with zero attached hydrogens (tertiary/aromatic N) is 1. The standard InChI is InChI=1S/C18H27NO/c1-14-11-15(2)18-17(12-14)5-3-4-8-19(18)13-16-6-9-20-10-7-16/h11-12,16H,3-10,13H2,1-2H3. The van der Waals surface area contributed by atoms with Crippen LogP contribution >= 0.6 is 0 Å². The molecule has 2 heterocycles. The predicted molar refractivity (Wildman–Crippen MR) is 84.6 cm³/mol. The van der Waals surface area contributed by atoms with Gasteiger partial charge >= 0.3 is 0 Å². The Morgan fingerprint density at radius 1 is 1.15 bits per heavy atom. The first kappa shape index (κ1) is 13.9. The molecule has 0 spiro atoms. The largest absolute Gasteiger partial charge is 0.381 e. The van der Waals surface area contributed by atoms with E-state index in [0.717, 1.165) is 19.1 Å². The van der Waals surface area contributed by atoms with Crippen LogP contribution in [0.5, 0.6) is 0 Å². The van der Waals surface area contributed by atoms with Gasteiger partial charge in [0.15, 0.2) is 0 Å². The molecule has 110 valence electrons. The summed E-state index contributed by atoms with van der Waals surface area (Å²) in [6, 6.07) is 4.76. The third-order valence-electron chi connectivity index (χ3n) is 4.78. The van der Waals surface area contributed by atoms with E-state index in [9.17, 15) is 0 Å². The van der Waals surface area contributed by atoms with Gasteiger partial charge in [0.1, 0.15) is 0 Å². The van der Waals surface area contributed by atoms with Crippen molar-refractivity contribution in [1.29, 1.82) is 0 Å². The maximum absolute atomic E-state index is 5.50. The van der Waals surface area contributed by atoms with Crippen LogP contribution in [-0.2, 0) is 11.2 Å². The Hall–Kier alpha value is -1.02. The Morgan fingerprint density at radius 2 is 1.95 bits per heavy atom. The van der Waals surface area contributed by atoms with Crippen molar-refractivity contribution in [3.05, 3.63) is 28.8 Å². The molecule has 0 unspecified atom stereocenters. The average molecular weight is 273 g/mol. The predicted octanol–water partition coefficient (Wildman–Crippen LogP) is 3.87. The molecule has 0 atom stereocenters. The first-order valence-corrected chi connectivity index (χ1v) is 8.17. The first-order valence-electron chi connectivity index (χ1n) is 8.17. The van der Waals surface area contributed by atoms with Crippen LogP contribution in [0.25, 0.3) is 0 Å². The van der Waals surface area contributed by atoms with Crippen molar-refractivity contribution in [3.63, 3.8) is 0 Å². The third-order valence-corrected chi connectivity index (χ3v) is 4.78. The van der Waals surface area contributed by atoms with Gasteiger partial charge < -0.3 is 9.64 Å². The molecule has 0 bridgehead atoms. The van der Waals surface area contributed by atoms with Crippen molar-refractivity contribution in [1.82, 2.24) is 0 Å². The fourth-order valence-electron chi connectivity index (χ4n) is 3.84. The normalized spacial score (nSPS) is 20.6. The van der Waals surface area contributed by atoms with E-state index in [1.165, 1.54) is 56.3 Å². The van der Waals surface area contributed by atoms with Crippen LogP contribution in [0.3, 0.4) is 0 Å². The Morgan fingerprint density at radius 3 is 2.75 bits per heavy atom. The average Bonchev–Trinajstić information content (AvgIpc) is 2.62. The van der Waals surface area contributed by atoms with Gasteiger partial charge in [-0.05, 0) is 63.0 Å². The van der Waals surface area contributed by atoms with Crippen LogP contribution in [0.15, 0.2) is 12.1 Å². The van der Waals surface area contributed by atoms with Gasteiger partial charge in [-0.1, -0.05) is 17.7 Å². The lowest BCUT2D eigenvalue weighted by atomic mass is 9.97. The van der Waals surface area contributed by atoms with Crippen molar-refractivity contribution >= 4 is 5.69 Å². The molecule has 0 amide bonds. The fourth-order valence-corrected chi connectivity index (χ4v) is 3.84. The Bertz CT molecular complexity index is 463. The van der Waals surface area contributed by atoms with Crippen LogP contribution in [0, 0.1) is 19.8 Å². The lowest BCUT2D eigenvalue weighted by molar-refractivity contribution is 0.0682. The van der Waals surface area contributed by atoms with E-state index >= 15 is 0 Å². The summed E-state index contributed by atoms with van der Waals surface area (Å²) in [5.74, 6) is 0.815. The zero-order chi connectivity index (χ0) is 13.9. The molecular weight excluding hydrogens is 246 g/mol. The van der Waals surface area contributed by atoms with E-state index in [0.29, 0.717) is 0 Å². The second kappa shape index (κ2) is 6.17. The minimum Gasteiger partial charge on any atom is -0.381 e. The van der Waals surface area contributed by atoms with E-state index in [1.807, 2.05) is 0 Å². The van der Waals surface area contributed by atoms with Gasteiger partial charge in [-0.25, -0.2) is 0 Å². The summed E-state index contributed by atoms with van der Waals surface area (Å²) >= 11 is 0. The number of fused-ring (bicyclic) bond motifs is 1. The van der Waals surface area contributed by atoms with Crippen LogP contribution in [0.4, 0.5) is 5.69 Å². The summed E-state index contributed by atoms with van der Waals surface area (Å²) in [5, 5.41) is 0. The molecule has 20 heavy (non-hydrogen) atoms. The van der Waals surface area contributed by atoms with Crippen molar-refractivity contribution in [2.24, 2.45) is 5.92 Å². The van der Waals surface area contributed by atoms with Gasteiger partial charge in [-0.2, -0.15) is 0 Å². The van der Waals surface area contributed by atoms with E-state index in [4.69, 9.17) is 4.74 Å². The first-order chi connectivity index (χ1) is 9.74. The summed E-state index contributed by atoms with van der Waals surface area (Å²) in [5.41, 5.74) is 6.00. The van der Waals surface area contributed by atoms with Crippen molar-refractivity contribution in [2.75, 3.05) is 31.2 Å². The van der Waals surface area contributed by atoms with Gasteiger partial charge in [0.2, 0.25) is 0 Å². The topological polar surface area (TPSA) is 12.5 Å². The lowest BCUT2D eigenvalue weighted by Crippen LogP contribution is -2.33. The smallest absolute Gasteiger partial charge is 0.0469 e. The van der Waals surface area contributed by atoms with E-state index in [-0.39, 0.29) is 0 Å². The summed E-state index contributed by atoms with van der Waals surface area (Å²) < 4.78 is 5.50. The molecule has 2 heteroatoms. The molecule has 1 fully saturated rings. The third kappa shape index (κ3) is 3.01. The van der Waals surface area contributed by atoms with Crippen LogP contribution < -0.4 is 4.90 Å². The highest BCUT2D eigenvalue weighted by molar-refractivity contribution is 5.61. The molecule has 3 rings (SSSR count). The van der Waals surface area contributed by atoms with Crippen molar-refractivity contribution < 1.29 is 4.74 Å². The summed E-state index contributed by atoms with van der Waals surface area (Å²) in [7, 11) is 0. The highest BCUT2D eigenvalue weighted by Gasteiger charge is 2.22. The molecule has 0 aromatic heterocycles. The highest BCUT2D eigenvalue weighted by atomic mass is 16.5. The van der Waals surface area contributed by atoms with Gasteiger partial charge in [0.05, 0.1) is 0 Å². The number of aryl methyl sites for hydroxylation is 3. The van der Waals surface area contributed by atoms with E-state index in [1.54, 1.807) is 11.3 Å². The van der Waals surface area contributed by atoms with Gasteiger partial charge in [-0.3, -0.25) is 0 Å². The molecule has 0 aliphatic carbocycles. The molecule has 2 aliphatic heterocycles. The van der Waals surface area contributed by atoms with Crippen molar-refractivity contribution in [3.8, 4) is 0 Å². The molecule has 1 aromatic carbocycles. The molecule has 2 nitrogen and oxygen atoms in total. The van der Waals surface area contributed by atoms with E-state index < -0.39 is 0 Å². The zero-order valence-corrected chi connectivity index (χ0v) is 13.0. The van der Waals surface area contributed by atoms with Crippen LogP contribution in [-0.4, -0.2) is 26.3 Å². The van der Waals surface area contributed by atoms with Crippen LogP contribution in [0.2, 0.25) is 0 Å². The quantitative estimate of drug-likeness (QED) is 0.811. The number of benzene rings is 1. The van der Waals surface area contributed by atoms with Gasteiger partial charge in [0.25, 0.3) is 0 Å². The Balaban J connectivity index is 1.84. The molecule has 0 radical (unpaired) electrons.